The summed E-state index contributed by atoms with van der Waals surface area (Å²) < 4.78 is 1.65. The molecule has 0 fully saturated rings. The van der Waals surface area contributed by atoms with Gasteiger partial charge in [0.2, 0.25) is 0 Å². The molecule has 2 aromatic rings. The highest BCUT2D eigenvalue weighted by molar-refractivity contribution is 5.88. The summed E-state index contributed by atoms with van der Waals surface area (Å²) in [6.45, 7) is 0.523. The van der Waals surface area contributed by atoms with Crippen LogP contribution in [-0.4, -0.2) is 20.9 Å². The van der Waals surface area contributed by atoms with E-state index >= 15 is 0 Å². The Labute approximate surface area is 111 Å². The Morgan fingerprint density at radius 2 is 1.95 bits per heavy atom. The fourth-order valence-corrected chi connectivity index (χ4v) is 2.72. The predicted octanol–water partition coefficient (Wildman–Crippen LogP) is 2.51. The molecule has 1 aliphatic carbocycles. The summed E-state index contributed by atoms with van der Waals surface area (Å²) in [6, 6.07) is 9.85. The van der Waals surface area contributed by atoms with E-state index in [1.807, 2.05) is 30.3 Å². The molecule has 0 saturated carbocycles. The van der Waals surface area contributed by atoms with E-state index in [-0.39, 0.29) is 0 Å². The number of hydrogen-bond acceptors (Lipinski definition) is 2. The number of carboxylic acid groups (broad SMARTS) is 1. The Kier molecular flexibility index (Phi) is 3.07. The summed E-state index contributed by atoms with van der Waals surface area (Å²) in [5.41, 5.74) is 3.36. The normalized spacial score (nSPS) is 14.1. The zero-order chi connectivity index (χ0) is 13.2. The number of fused-ring (bicyclic) bond motifs is 1. The van der Waals surface area contributed by atoms with Gasteiger partial charge in [0.15, 0.2) is 0 Å². The van der Waals surface area contributed by atoms with E-state index in [0.717, 1.165) is 42.5 Å². The third-order valence-electron chi connectivity index (χ3n) is 3.60. The van der Waals surface area contributed by atoms with Gasteiger partial charge in [0, 0.05) is 5.56 Å². The Morgan fingerprint density at radius 1 is 1.21 bits per heavy atom. The summed E-state index contributed by atoms with van der Waals surface area (Å²) >= 11 is 0. The first-order chi connectivity index (χ1) is 9.25. The zero-order valence-electron chi connectivity index (χ0n) is 10.7. The number of carbonyl (C=O) groups is 1. The molecule has 4 heteroatoms. The van der Waals surface area contributed by atoms with Gasteiger partial charge in [-0.15, -0.1) is 0 Å². The largest absolute Gasteiger partial charge is 0.477 e. The molecule has 19 heavy (non-hydrogen) atoms. The molecule has 1 heterocycles. The van der Waals surface area contributed by atoms with E-state index in [2.05, 4.69) is 5.10 Å². The van der Waals surface area contributed by atoms with Crippen LogP contribution in [0.2, 0.25) is 0 Å². The molecule has 0 spiro atoms. The van der Waals surface area contributed by atoms with Gasteiger partial charge in [-0.25, -0.2) is 4.79 Å². The number of aromatic carboxylic acids is 1. The second kappa shape index (κ2) is 4.88. The highest BCUT2D eigenvalue weighted by atomic mass is 16.4. The number of carboxylic acids is 1. The summed E-state index contributed by atoms with van der Waals surface area (Å²) in [7, 11) is 0. The maximum Gasteiger partial charge on any atom is 0.354 e. The van der Waals surface area contributed by atoms with Crippen LogP contribution in [-0.2, 0) is 19.4 Å². The smallest absolute Gasteiger partial charge is 0.354 e. The predicted molar refractivity (Wildman–Crippen MR) is 71.4 cm³/mol. The third kappa shape index (κ3) is 2.26. The van der Waals surface area contributed by atoms with E-state index in [1.165, 1.54) is 0 Å². The molecule has 3 rings (SSSR count). The molecule has 0 amide bonds. The van der Waals surface area contributed by atoms with E-state index in [9.17, 15) is 9.90 Å². The molecular formula is C15H16N2O2. The van der Waals surface area contributed by atoms with Gasteiger partial charge in [-0.2, -0.15) is 5.10 Å². The van der Waals surface area contributed by atoms with Crippen molar-refractivity contribution in [1.29, 1.82) is 0 Å². The fraction of sp³-hybridized carbons (Fsp3) is 0.333. The SMILES string of the molecule is O=C(O)c1c2c(nn1Cc1ccccc1)CCCC2. The van der Waals surface area contributed by atoms with E-state index < -0.39 is 5.97 Å². The van der Waals surface area contributed by atoms with E-state index in [4.69, 9.17) is 0 Å². The molecule has 1 aliphatic rings. The molecule has 0 saturated heterocycles. The molecule has 1 N–H and O–H groups in total. The Balaban J connectivity index is 2.01. The van der Waals surface area contributed by atoms with Crippen LogP contribution in [0.5, 0.6) is 0 Å². The number of aryl methyl sites for hydroxylation is 1. The monoisotopic (exact) mass is 256 g/mol. The van der Waals surface area contributed by atoms with E-state index in [1.54, 1.807) is 4.68 Å². The average Bonchev–Trinajstić information content (AvgIpc) is 2.77. The number of benzene rings is 1. The summed E-state index contributed by atoms with van der Waals surface area (Å²) in [6.07, 6.45) is 3.90. The van der Waals surface area contributed by atoms with Crippen molar-refractivity contribution in [2.24, 2.45) is 0 Å². The van der Waals surface area contributed by atoms with Crippen LogP contribution in [0, 0.1) is 0 Å². The zero-order valence-corrected chi connectivity index (χ0v) is 10.7. The molecule has 0 atom stereocenters. The van der Waals surface area contributed by atoms with Crippen molar-refractivity contribution < 1.29 is 9.90 Å². The first-order valence-corrected chi connectivity index (χ1v) is 6.61. The van der Waals surface area contributed by atoms with E-state index in [0.29, 0.717) is 12.2 Å². The van der Waals surface area contributed by atoms with Crippen LogP contribution >= 0.6 is 0 Å². The summed E-state index contributed by atoms with van der Waals surface area (Å²) in [5.74, 6) is -0.869. The topological polar surface area (TPSA) is 55.1 Å². The Hall–Kier alpha value is -2.10. The molecule has 1 aromatic heterocycles. The van der Waals surface area contributed by atoms with Crippen molar-refractivity contribution in [2.75, 3.05) is 0 Å². The molecule has 0 radical (unpaired) electrons. The summed E-state index contributed by atoms with van der Waals surface area (Å²) in [5, 5.41) is 13.9. The lowest BCUT2D eigenvalue weighted by Gasteiger charge is -2.09. The van der Waals surface area contributed by atoms with Gasteiger partial charge >= 0.3 is 5.97 Å². The first-order valence-electron chi connectivity index (χ1n) is 6.61. The van der Waals surface area contributed by atoms with Crippen molar-refractivity contribution in [3.63, 3.8) is 0 Å². The van der Waals surface area contributed by atoms with Gasteiger partial charge in [0.1, 0.15) is 5.69 Å². The number of hydrogen-bond donors (Lipinski definition) is 1. The second-order valence-electron chi connectivity index (χ2n) is 4.93. The van der Waals surface area contributed by atoms with Crippen LogP contribution in [0.1, 0.15) is 40.2 Å². The number of nitrogens with zero attached hydrogens (tertiary/aromatic N) is 2. The average molecular weight is 256 g/mol. The lowest BCUT2D eigenvalue weighted by atomic mass is 9.96. The minimum atomic E-state index is -0.869. The van der Waals surface area contributed by atoms with Crippen molar-refractivity contribution in [2.45, 2.75) is 32.2 Å². The second-order valence-corrected chi connectivity index (χ2v) is 4.93. The van der Waals surface area contributed by atoms with Gasteiger partial charge in [-0.3, -0.25) is 4.68 Å². The highest BCUT2D eigenvalue weighted by Gasteiger charge is 2.24. The molecule has 0 unspecified atom stereocenters. The van der Waals surface area contributed by atoms with Crippen molar-refractivity contribution in [3.8, 4) is 0 Å². The minimum absolute atomic E-state index is 0.374. The van der Waals surface area contributed by atoms with Crippen LogP contribution in [0.3, 0.4) is 0 Å². The van der Waals surface area contributed by atoms with Crippen molar-refractivity contribution in [3.05, 3.63) is 52.8 Å². The Bertz CT molecular complexity index is 602. The molecule has 0 aliphatic heterocycles. The van der Waals surface area contributed by atoms with Crippen LogP contribution in [0.15, 0.2) is 30.3 Å². The fourth-order valence-electron chi connectivity index (χ4n) is 2.72. The summed E-state index contributed by atoms with van der Waals surface area (Å²) in [4.78, 5) is 11.5. The number of rotatable bonds is 3. The molecule has 98 valence electrons. The molecule has 0 bridgehead atoms. The quantitative estimate of drug-likeness (QED) is 0.918. The van der Waals surface area contributed by atoms with Gasteiger partial charge in [0.25, 0.3) is 0 Å². The maximum atomic E-state index is 11.5. The van der Waals surface area contributed by atoms with Crippen LogP contribution < -0.4 is 0 Å². The van der Waals surface area contributed by atoms with Crippen LogP contribution in [0.4, 0.5) is 0 Å². The molecule has 1 aromatic carbocycles. The highest BCUT2D eigenvalue weighted by Crippen LogP contribution is 2.24. The minimum Gasteiger partial charge on any atom is -0.477 e. The third-order valence-corrected chi connectivity index (χ3v) is 3.60. The Morgan fingerprint density at radius 3 is 2.68 bits per heavy atom. The van der Waals surface area contributed by atoms with Gasteiger partial charge in [-0.1, -0.05) is 30.3 Å². The number of aromatic nitrogens is 2. The van der Waals surface area contributed by atoms with Crippen molar-refractivity contribution in [1.82, 2.24) is 9.78 Å². The van der Waals surface area contributed by atoms with Gasteiger partial charge < -0.3 is 5.11 Å². The molecule has 4 nitrogen and oxygen atoms in total. The first kappa shape index (κ1) is 12.0. The van der Waals surface area contributed by atoms with Gasteiger partial charge in [-0.05, 0) is 31.2 Å². The standard InChI is InChI=1S/C15H16N2O2/c18-15(19)14-12-8-4-5-9-13(12)16-17(14)10-11-6-2-1-3-7-11/h1-3,6-7H,4-5,8-10H2,(H,18,19). The van der Waals surface area contributed by atoms with Gasteiger partial charge in [0.05, 0.1) is 12.2 Å². The molecular weight excluding hydrogens is 240 g/mol. The maximum absolute atomic E-state index is 11.5. The van der Waals surface area contributed by atoms with Crippen molar-refractivity contribution >= 4 is 5.97 Å². The lowest BCUT2D eigenvalue weighted by Crippen LogP contribution is -2.12. The lowest BCUT2D eigenvalue weighted by molar-refractivity contribution is 0.0682. The van der Waals surface area contributed by atoms with Crippen LogP contribution in [0.25, 0.3) is 0 Å².